The highest BCUT2D eigenvalue weighted by Crippen LogP contribution is 2.07. The van der Waals surface area contributed by atoms with E-state index in [9.17, 15) is 20.0 Å². The molecule has 10 N–H and O–H groups in total. The van der Waals surface area contributed by atoms with Crippen molar-refractivity contribution in [3.63, 3.8) is 0 Å². The third-order valence-electron chi connectivity index (χ3n) is 4.32. The van der Waals surface area contributed by atoms with Crippen LogP contribution in [0.4, 0.5) is 21.2 Å². The number of rotatable bonds is 10. The van der Waals surface area contributed by atoms with Crippen molar-refractivity contribution in [2.75, 3.05) is 36.3 Å². The first-order valence-electron chi connectivity index (χ1n) is 10.4. The van der Waals surface area contributed by atoms with Crippen molar-refractivity contribution in [3.05, 3.63) is 45.6 Å². The molecule has 0 atom stereocenters. The predicted molar refractivity (Wildman–Crippen MR) is 132 cm³/mol. The zero-order valence-electron chi connectivity index (χ0n) is 19.8. The number of aromatic nitrogens is 4. The van der Waals surface area contributed by atoms with E-state index in [4.69, 9.17) is 34.7 Å². The van der Waals surface area contributed by atoms with Crippen molar-refractivity contribution >= 4 is 46.9 Å². The number of aryl methyl sites for hydroxylation is 2. The number of anilines is 2. The van der Waals surface area contributed by atoms with E-state index in [0.717, 1.165) is 10.0 Å². The van der Waals surface area contributed by atoms with E-state index in [1.165, 1.54) is 12.4 Å². The van der Waals surface area contributed by atoms with Crippen molar-refractivity contribution < 1.29 is 20.8 Å². The van der Waals surface area contributed by atoms with Crippen LogP contribution in [0.1, 0.15) is 22.8 Å². The lowest BCUT2D eigenvalue weighted by Crippen LogP contribution is -2.90. The average Bonchev–Trinajstić information content (AvgIpc) is 2.84. The minimum absolute atomic E-state index is 0.150. The van der Waals surface area contributed by atoms with Gasteiger partial charge in [0, 0.05) is 48.4 Å². The number of carbonyl (C=O) groups is 2. The molecule has 2 aromatic heterocycles. The number of halogens is 2. The van der Waals surface area contributed by atoms with Crippen LogP contribution in [0.15, 0.2) is 12.4 Å². The summed E-state index contributed by atoms with van der Waals surface area (Å²) in [6.07, 6.45) is 3.06. The highest BCUT2D eigenvalue weighted by molar-refractivity contribution is 6.18. The summed E-state index contributed by atoms with van der Waals surface area (Å²) < 4.78 is 0. The zero-order valence-corrected chi connectivity index (χ0v) is 21.3. The maximum atomic E-state index is 11.6. The Balaban J connectivity index is 0.000000360. The molecule has 18 heteroatoms. The van der Waals surface area contributed by atoms with Crippen LogP contribution in [-0.4, -0.2) is 66.9 Å². The van der Waals surface area contributed by atoms with Crippen molar-refractivity contribution in [2.45, 2.75) is 26.9 Å². The van der Waals surface area contributed by atoms with Gasteiger partial charge in [-0.2, -0.15) is 10.0 Å². The number of nitrogens with zero attached hydrogens (tertiary/aromatic N) is 6. The normalized spacial score (nSPS) is 10.2. The number of hydrogen-bond donors (Lipinski definition) is 6. The first-order chi connectivity index (χ1) is 17.2. The van der Waals surface area contributed by atoms with Crippen molar-refractivity contribution in [2.24, 2.45) is 0 Å². The Kier molecular flexibility index (Phi) is 14.0. The molecule has 0 aliphatic carbocycles. The topological polar surface area (TPSA) is 248 Å². The van der Waals surface area contributed by atoms with Crippen LogP contribution in [0, 0.1) is 24.3 Å². The molecule has 0 aliphatic rings. The molecule has 0 spiro atoms. The summed E-state index contributed by atoms with van der Waals surface area (Å²) in [5.74, 6) is 2.08. The smallest absolute Gasteiger partial charge is 0.362 e. The Morgan fingerprint density at radius 1 is 0.861 bits per heavy atom. The number of nitrogens with one attached hydrogen (secondary N) is 2. The van der Waals surface area contributed by atoms with Gasteiger partial charge in [0.05, 0.1) is 13.1 Å². The van der Waals surface area contributed by atoms with E-state index in [1.54, 1.807) is 13.8 Å². The largest absolute Gasteiger partial charge is 0.609 e. The number of carbonyl (C=O) groups excluding carboxylic acids is 2. The second kappa shape index (κ2) is 16.4. The van der Waals surface area contributed by atoms with Gasteiger partial charge in [0.2, 0.25) is 0 Å². The van der Waals surface area contributed by atoms with Gasteiger partial charge in [0.25, 0.3) is 0 Å². The fourth-order valence-corrected chi connectivity index (χ4v) is 2.79. The highest BCUT2D eigenvalue weighted by Gasteiger charge is 2.14. The van der Waals surface area contributed by atoms with Gasteiger partial charge >= 0.3 is 12.1 Å². The Labute approximate surface area is 217 Å². The summed E-state index contributed by atoms with van der Waals surface area (Å²) in [5.41, 5.74) is 13.4. The maximum Gasteiger partial charge on any atom is 0.362 e. The molecule has 0 bridgehead atoms. The first kappa shape index (κ1) is 30.8. The summed E-state index contributed by atoms with van der Waals surface area (Å²) in [6, 6.07) is -1.07. The van der Waals surface area contributed by atoms with Gasteiger partial charge in [-0.15, -0.1) is 23.2 Å². The second-order valence-electron chi connectivity index (χ2n) is 6.95. The van der Waals surface area contributed by atoms with Crippen molar-refractivity contribution in [1.29, 1.82) is 0 Å². The van der Waals surface area contributed by atoms with Crippen molar-refractivity contribution in [3.8, 4) is 0 Å². The number of nitrogens with two attached hydrogens (primary N) is 4. The van der Waals surface area contributed by atoms with E-state index in [0.29, 0.717) is 45.6 Å². The van der Waals surface area contributed by atoms with E-state index in [1.807, 2.05) is 0 Å². The highest BCUT2D eigenvalue weighted by atomic mass is 35.5. The average molecular weight is 549 g/mol. The van der Waals surface area contributed by atoms with Crippen LogP contribution < -0.4 is 33.3 Å². The van der Waals surface area contributed by atoms with Gasteiger partial charge in [0.15, 0.2) is 0 Å². The Morgan fingerprint density at radius 2 is 1.22 bits per heavy atom. The number of urea groups is 2. The minimum atomic E-state index is -0.536. The van der Waals surface area contributed by atoms with Gasteiger partial charge in [-0.25, -0.2) is 29.5 Å². The maximum absolute atomic E-state index is 11.6. The van der Waals surface area contributed by atoms with Crippen LogP contribution in [0.25, 0.3) is 0 Å². The third-order valence-corrected chi connectivity index (χ3v) is 4.66. The van der Waals surface area contributed by atoms with Gasteiger partial charge in [-0.3, -0.25) is 11.2 Å². The van der Waals surface area contributed by atoms with Crippen LogP contribution in [0.2, 0.25) is 0 Å². The zero-order chi connectivity index (χ0) is 27.1. The molecule has 16 nitrogen and oxygen atoms in total. The fourth-order valence-electron chi connectivity index (χ4n) is 2.43. The predicted octanol–water partition coefficient (Wildman–Crippen LogP) is -1.81. The molecule has 0 unspecified atom stereocenters. The SMILES string of the molecule is Cc1ncc(CNC(=O)N(CCCl)[NH2+][O-])c(N)n1.Cc1ncc(CNC(=O)N(CCCl)[NH2+][O-])c(N)n1. The molecule has 200 valence electrons. The van der Waals surface area contributed by atoms with E-state index in [2.05, 4.69) is 30.6 Å². The molecule has 0 fully saturated rings. The molecule has 0 saturated carbocycles. The molecule has 2 aromatic rings. The Bertz CT molecular complexity index is 910. The summed E-state index contributed by atoms with van der Waals surface area (Å²) in [6.45, 7) is 4.03. The molecule has 0 aliphatic heterocycles. The fraction of sp³-hybridized carbons (Fsp3) is 0.444. The van der Waals surface area contributed by atoms with Gasteiger partial charge in [0.1, 0.15) is 23.3 Å². The molecule has 0 radical (unpaired) electrons. The summed E-state index contributed by atoms with van der Waals surface area (Å²) in [5, 5.41) is 28.2. The molecule has 36 heavy (non-hydrogen) atoms. The molecule has 0 saturated heterocycles. The number of quaternary nitrogens is 2. The van der Waals surface area contributed by atoms with Crippen LogP contribution >= 0.6 is 23.2 Å². The Morgan fingerprint density at radius 3 is 1.50 bits per heavy atom. The summed E-state index contributed by atoms with van der Waals surface area (Å²) in [4.78, 5) is 39.0. The monoisotopic (exact) mass is 548 g/mol. The molecule has 2 rings (SSSR count). The lowest BCUT2D eigenvalue weighted by atomic mass is 10.3. The molecule has 2 heterocycles. The third kappa shape index (κ3) is 10.5. The first-order valence-corrected chi connectivity index (χ1v) is 11.5. The van der Waals surface area contributed by atoms with Crippen LogP contribution in [0.3, 0.4) is 0 Å². The van der Waals surface area contributed by atoms with E-state index in [-0.39, 0.29) is 37.9 Å². The lowest BCUT2D eigenvalue weighted by Gasteiger charge is -2.20. The molecule has 4 amide bonds. The van der Waals surface area contributed by atoms with Crippen molar-refractivity contribution in [1.82, 2.24) is 40.6 Å². The lowest BCUT2D eigenvalue weighted by molar-refractivity contribution is -0.731. The van der Waals surface area contributed by atoms with Crippen LogP contribution in [0.5, 0.6) is 0 Å². The van der Waals surface area contributed by atoms with Gasteiger partial charge < -0.3 is 32.5 Å². The number of nitrogen functional groups attached to an aromatic ring is 2. The number of alkyl halides is 2. The Hall–Kier alpha value is -3.28. The van der Waals surface area contributed by atoms with E-state index < -0.39 is 12.1 Å². The van der Waals surface area contributed by atoms with Gasteiger partial charge in [-0.05, 0) is 13.8 Å². The quantitative estimate of drug-likeness (QED) is 0.0838. The second-order valence-corrected chi connectivity index (χ2v) is 7.70. The summed E-state index contributed by atoms with van der Waals surface area (Å²) >= 11 is 10.9. The summed E-state index contributed by atoms with van der Waals surface area (Å²) in [7, 11) is 0. The molecule has 0 aromatic carbocycles. The minimum Gasteiger partial charge on any atom is -0.609 e. The standard InChI is InChI=1S/2C9H15ClN6O2/c2*1-6-12-4-7(8(11)14-6)5-13-9(17)16(15-18)3-2-10/h2*4H,2-3,5,15H2,1H3,(H,13,17)(H2,11,12,14). The molecular formula is C18H30Cl2N12O4. The number of hydrogen-bond acceptors (Lipinski definition) is 10. The van der Waals surface area contributed by atoms with E-state index >= 15 is 0 Å². The molecular weight excluding hydrogens is 519 g/mol. The van der Waals surface area contributed by atoms with Gasteiger partial charge in [-0.1, -0.05) is 0 Å². The van der Waals surface area contributed by atoms with Crippen LogP contribution in [-0.2, 0) is 13.1 Å². The number of amides is 4.